The Bertz CT molecular complexity index is 1520. The molecular weight excluding hydrogens is 527 g/mol. The standard InChI is InChI=1S/C29H22Cl2N2O5/c1-37-19-7-8-22(38-2)21(14-19)27(34)26-24-23(25-20-6-4-3-5-15(20)9-10-32(25)26)28(35)33(29(24)36)18-12-16(30)11-17(31)13-18/h3-14,23-26H,1-2H3/t23-,24-,25+,26-/m0/s1. The molecule has 3 aliphatic rings. The lowest BCUT2D eigenvalue weighted by Crippen LogP contribution is -2.44. The van der Waals surface area contributed by atoms with Crippen molar-refractivity contribution in [1.82, 2.24) is 4.90 Å². The summed E-state index contributed by atoms with van der Waals surface area (Å²) in [6.07, 6.45) is 3.71. The van der Waals surface area contributed by atoms with Crippen molar-refractivity contribution in [3.05, 3.63) is 93.6 Å². The number of benzene rings is 3. The largest absolute Gasteiger partial charge is 0.497 e. The molecule has 9 heteroatoms. The minimum atomic E-state index is -0.952. The summed E-state index contributed by atoms with van der Waals surface area (Å²) in [7, 11) is 2.99. The molecule has 0 spiro atoms. The number of anilines is 1. The summed E-state index contributed by atoms with van der Waals surface area (Å²) in [5.74, 6) is -2.11. The van der Waals surface area contributed by atoms with Gasteiger partial charge in [0.1, 0.15) is 17.5 Å². The van der Waals surface area contributed by atoms with E-state index in [0.717, 1.165) is 16.0 Å². The molecule has 0 unspecified atom stereocenters. The lowest BCUT2D eigenvalue weighted by Gasteiger charge is -2.35. The van der Waals surface area contributed by atoms with Crippen LogP contribution >= 0.6 is 23.2 Å². The third kappa shape index (κ3) is 3.61. The van der Waals surface area contributed by atoms with Crippen molar-refractivity contribution >= 4 is 52.6 Å². The van der Waals surface area contributed by atoms with Crippen LogP contribution in [0, 0.1) is 11.8 Å². The van der Waals surface area contributed by atoms with Gasteiger partial charge in [0.05, 0.1) is 43.3 Å². The molecule has 3 heterocycles. The van der Waals surface area contributed by atoms with Crippen LogP contribution in [0.3, 0.4) is 0 Å². The summed E-state index contributed by atoms with van der Waals surface area (Å²) < 4.78 is 10.8. The molecule has 2 fully saturated rings. The average Bonchev–Trinajstić information content (AvgIpc) is 3.39. The number of nitrogens with zero attached hydrogens (tertiary/aromatic N) is 2. The molecule has 4 atom stereocenters. The highest BCUT2D eigenvalue weighted by Crippen LogP contribution is 2.54. The number of halogens is 2. The number of fused-ring (bicyclic) bond motifs is 5. The van der Waals surface area contributed by atoms with Crippen LogP contribution in [0.4, 0.5) is 5.69 Å². The lowest BCUT2D eigenvalue weighted by atomic mass is 9.83. The average molecular weight is 549 g/mol. The van der Waals surface area contributed by atoms with Crippen molar-refractivity contribution in [2.24, 2.45) is 11.8 Å². The highest BCUT2D eigenvalue weighted by atomic mass is 35.5. The van der Waals surface area contributed by atoms with Crippen molar-refractivity contribution in [3.63, 3.8) is 0 Å². The van der Waals surface area contributed by atoms with Gasteiger partial charge in [0.25, 0.3) is 0 Å². The molecule has 3 aromatic carbocycles. The van der Waals surface area contributed by atoms with Crippen molar-refractivity contribution in [3.8, 4) is 11.5 Å². The van der Waals surface area contributed by atoms with E-state index < -0.39 is 35.7 Å². The van der Waals surface area contributed by atoms with Gasteiger partial charge in [0, 0.05) is 16.2 Å². The number of rotatable bonds is 5. The number of imide groups is 1. The molecule has 3 aromatic rings. The second-order valence-electron chi connectivity index (χ2n) is 9.40. The first-order valence-electron chi connectivity index (χ1n) is 12.0. The van der Waals surface area contributed by atoms with Crippen LogP contribution in [-0.4, -0.2) is 42.8 Å². The van der Waals surface area contributed by atoms with Gasteiger partial charge in [-0.1, -0.05) is 47.5 Å². The fraction of sp³-hybridized carbons (Fsp3) is 0.207. The smallest absolute Gasteiger partial charge is 0.240 e. The number of ether oxygens (including phenoxy) is 2. The van der Waals surface area contributed by atoms with Crippen molar-refractivity contribution < 1.29 is 23.9 Å². The Labute approximate surface area is 229 Å². The maximum absolute atomic E-state index is 14.3. The van der Waals surface area contributed by atoms with Gasteiger partial charge in [-0.05, 0) is 53.6 Å². The summed E-state index contributed by atoms with van der Waals surface area (Å²) in [6.45, 7) is 0. The molecule has 192 valence electrons. The van der Waals surface area contributed by atoms with Gasteiger partial charge in [-0.15, -0.1) is 0 Å². The third-order valence-corrected chi connectivity index (χ3v) is 7.94. The molecule has 2 saturated heterocycles. The topological polar surface area (TPSA) is 76.1 Å². The van der Waals surface area contributed by atoms with E-state index >= 15 is 0 Å². The van der Waals surface area contributed by atoms with Crippen LogP contribution in [0.5, 0.6) is 11.5 Å². The minimum absolute atomic E-state index is 0.271. The van der Waals surface area contributed by atoms with E-state index in [1.165, 1.54) is 32.4 Å². The second-order valence-corrected chi connectivity index (χ2v) is 10.3. The Morgan fingerprint density at radius 3 is 2.29 bits per heavy atom. The number of hydrogen-bond donors (Lipinski definition) is 0. The predicted octanol–water partition coefficient (Wildman–Crippen LogP) is 5.41. The van der Waals surface area contributed by atoms with E-state index in [0.29, 0.717) is 21.5 Å². The van der Waals surface area contributed by atoms with Gasteiger partial charge in [0.2, 0.25) is 11.8 Å². The molecule has 0 bridgehead atoms. The lowest BCUT2D eigenvalue weighted by molar-refractivity contribution is -0.123. The number of hydrogen-bond acceptors (Lipinski definition) is 6. The maximum atomic E-state index is 14.3. The van der Waals surface area contributed by atoms with Crippen molar-refractivity contribution in [2.75, 3.05) is 19.1 Å². The molecule has 0 aliphatic carbocycles. The number of carbonyl (C=O) groups excluding carboxylic acids is 3. The fourth-order valence-corrected chi connectivity index (χ4v) is 6.46. The van der Waals surface area contributed by atoms with Crippen LogP contribution in [0.15, 0.2) is 66.9 Å². The molecule has 0 radical (unpaired) electrons. The summed E-state index contributed by atoms with van der Waals surface area (Å²) >= 11 is 12.4. The zero-order valence-corrected chi connectivity index (χ0v) is 21.9. The molecule has 0 N–H and O–H groups in total. The van der Waals surface area contributed by atoms with Crippen LogP contribution < -0.4 is 14.4 Å². The molecule has 0 saturated carbocycles. The number of Topliss-reactive ketones (excluding diaryl/α,β-unsaturated/α-hetero) is 1. The second kappa shape index (κ2) is 9.19. The van der Waals surface area contributed by atoms with Gasteiger partial charge >= 0.3 is 0 Å². The summed E-state index contributed by atoms with van der Waals surface area (Å²) in [6, 6.07) is 15.8. The summed E-state index contributed by atoms with van der Waals surface area (Å²) in [4.78, 5) is 45.3. The van der Waals surface area contributed by atoms with Gasteiger partial charge < -0.3 is 14.4 Å². The zero-order valence-electron chi connectivity index (χ0n) is 20.4. The molecular formula is C29H22Cl2N2O5. The van der Waals surface area contributed by atoms with E-state index in [-0.39, 0.29) is 17.0 Å². The number of methoxy groups -OCH3 is 2. The Hall–Kier alpha value is -3.81. The Morgan fingerprint density at radius 2 is 1.58 bits per heavy atom. The summed E-state index contributed by atoms with van der Waals surface area (Å²) in [5, 5.41) is 0.595. The van der Waals surface area contributed by atoms with E-state index in [1.807, 2.05) is 41.4 Å². The molecule has 7 nitrogen and oxygen atoms in total. The number of carbonyl (C=O) groups is 3. The third-order valence-electron chi connectivity index (χ3n) is 7.51. The van der Waals surface area contributed by atoms with Crippen LogP contribution in [0.25, 0.3) is 6.08 Å². The minimum Gasteiger partial charge on any atom is -0.497 e. The Balaban J connectivity index is 1.52. The Kier molecular flexibility index (Phi) is 5.93. The van der Waals surface area contributed by atoms with E-state index in [4.69, 9.17) is 32.7 Å². The molecule has 38 heavy (non-hydrogen) atoms. The fourth-order valence-electron chi connectivity index (χ4n) is 5.95. The monoisotopic (exact) mass is 548 g/mol. The van der Waals surface area contributed by atoms with E-state index in [9.17, 15) is 14.4 Å². The van der Waals surface area contributed by atoms with Gasteiger partial charge in [-0.25, -0.2) is 4.90 Å². The molecule has 2 amide bonds. The first-order valence-corrected chi connectivity index (χ1v) is 12.7. The van der Waals surface area contributed by atoms with Crippen molar-refractivity contribution in [2.45, 2.75) is 12.1 Å². The molecule has 6 rings (SSSR count). The van der Waals surface area contributed by atoms with Gasteiger partial charge in [-0.2, -0.15) is 0 Å². The van der Waals surface area contributed by atoms with Crippen LogP contribution in [-0.2, 0) is 9.59 Å². The van der Waals surface area contributed by atoms with Gasteiger partial charge in [-0.3, -0.25) is 14.4 Å². The molecule has 3 aliphatic heterocycles. The maximum Gasteiger partial charge on any atom is 0.240 e. The SMILES string of the molecule is COc1ccc(OC)c(C(=O)[C@@H]2[C@H]3C(=O)N(c4cc(Cl)cc(Cl)c4)C(=O)[C@@H]3[C@H]3c4ccccc4C=CN23)c1. The predicted molar refractivity (Wildman–Crippen MR) is 144 cm³/mol. The summed E-state index contributed by atoms with van der Waals surface area (Å²) in [5.41, 5.74) is 2.37. The number of ketones is 1. The first kappa shape index (κ1) is 24.5. The first-order chi connectivity index (χ1) is 18.3. The highest BCUT2D eigenvalue weighted by Gasteiger charge is 2.64. The highest BCUT2D eigenvalue weighted by molar-refractivity contribution is 6.36. The van der Waals surface area contributed by atoms with Crippen LogP contribution in [0.1, 0.15) is 27.5 Å². The van der Waals surface area contributed by atoms with E-state index in [2.05, 4.69) is 0 Å². The molecule has 0 aromatic heterocycles. The Morgan fingerprint density at radius 1 is 0.868 bits per heavy atom. The normalized spacial score (nSPS) is 23.3. The van der Waals surface area contributed by atoms with Crippen LogP contribution in [0.2, 0.25) is 10.0 Å². The quantitative estimate of drug-likeness (QED) is 0.313. The van der Waals surface area contributed by atoms with Gasteiger partial charge in [0.15, 0.2) is 5.78 Å². The zero-order chi connectivity index (χ0) is 26.7. The number of amides is 2. The van der Waals surface area contributed by atoms with Crippen molar-refractivity contribution in [1.29, 1.82) is 0 Å². The van der Waals surface area contributed by atoms with E-state index in [1.54, 1.807) is 18.2 Å².